The predicted molar refractivity (Wildman–Crippen MR) is 130 cm³/mol. The second-order valence-corrected chi connectivity index (χ2v) is 9.45. The van der Waals surface area contributed by atoms with Gasteiger partial charge < -0.3 is 9.26 Å². The van der Waals surface area contributed by atoms with Crippen LogP contribution in [0, 0.1) is 19.8 Å². The number of alkyl halides is 2. The van der Waals surface area contributed by atoms with Crippen LogP contribution in [0.5, 0.6) is 0 Å². The Labute approximate surface area is 207 Å². The number of pyridine rings is 2. The van der Waals surface area contributed by atoms with E-state index >= 15 is 0 Å². The lowest BCUT2D eigenvalue weighted by atomic mass is 9.83. The number of fused-ring (bicyclic) bond motifs is 1. The molecule has 4 aromatic heterocycles. The molecule has 36 heavy (non-hydrogen) atoms. The molecule has 4 aromatic rings. The van der Waals surface area contributed by atoms with Gasteiger partial charge >= 0.3 is 5.97 Å². The van der Waals surface area contributed by atoms with Crippen LogP contribution in [-0.4, -0.2) is 38.2 Å². The Balaban J connectivity index is 1.56. The lowest BCUT2D eigenvalue weighted by Gasteiger charge is -2.28. The molecule has 0 aromatic carbocycles. The number of rotatable bonds is 6. The summed E-state index contributed by atoms with van der Waals surface area (Å²) in [6, 6.07) is 5.49. The average Bonchev–Trinajstić information content (AvgIpc) is 3.39. The number of carbonyl (C=O) groups is 1. The number of aromatic nitrogens is 4. The van der Waals surface area contributed by atoms with Crippen LogP contribution in [0.4, 0.5) is 8.78 Å². The van der Waals surface area contributed by atoms with Gasteiger partial charge in [0.2, 0.25) is 5.92 Å². The molecule has 1 fully saturated rings. The van der Waals surface area contributed by atoms with Crippen LogP contribution >= 0.6 is 0 Å². The first-order valence-corrected chi connectivity index (χ1v) is 12.2. The molecule has 0 N–H and O–H groups in total. The minimum atomic E-state index is -2.56. The zero-order chi connectivity index (χ0) is 25.4. The second-order valence-electron chi connectivity index (χ2n) is 9.45. The molecule has 0 atom stereocenters. The number of hydrogen-bond donors (Lipinski definition) is 0. The summed E-state index contributed by atoms with van der Waals surface area (Å²) < 4.78 is 39.8. The fourth-order valence-corrected chi connectivity index (χ4v) is 5.02. The Bertz CT molecular complexity index is 1380. The van der Waals surface area contributed by atoms with Crippen molar-refractivity contribution < 1.29 is 22.8 Å². The highest BCUT2D eigenvalue weighted by molar-refractivity contribution is 5.89. The van der Waals surface area contributed by atoms with Crippen LogP contribution in [-0.2, 0) is 11.2 Å². The summed E-state index contributed by atoms with van der Waals surface area (Å²) >= 11 is 0. The molecule has 9 heteroatoms. The van der Waals surface area contributed by atoms with E-state index in [1.165, 1.54) is 6.20 Å². The smallest absolute Gasteiger partial charge is 0.339 e. The number of ether oxygens (including phenoxy) is 1. The van der Waals surface area contributed by atoms with Gasteiger partial charge in [0.1, 0.15) is 17.2 Å². The lowest BCUT2D eigenvalue weighted by Crippen LogP contribution is -2.25. The normalized spacial score (nSPS) is 15.9. The van der Waals surface area contributed by atoms with Gasteiger partial charge in [-0.2, -0.15) is 0 Å². The maximum absolute atomic E-state index is 13.7. The van der Waals surface area contributed by atoms with E-state index in [0.29, 0.717) is 42.1 Å². The molecule has 0 spiro atoms. The van der Waals surface area contributed by atoms with E-state index in [4.69, 9.17) is 14.2 Å². The van der Waals surface area contributed by atoms with Gasteiger partial charge in [0.25, 0.3) is 0 Å². The van der Waals surface area contributed by atoms with Gasteiger partial charge in [0.15, 0.2) is 0 Å². The van der Waals surface area contributed by atoms with Crippen molar-refractivity contribution in [3.63, 3.8) is 0 Å². The van der Waals surface area contributed by atoms with Crippen molar-refractivity contribution in [3.8, 4) is 16.9 Å². The number of carbonyl (C=O) groups excluding carboxylic acids is 1. The summed E-state index contributed by atoms with van der Waals surface area (Å²) in [5.74, 6) is -1.50. The maximum Gasteiger partial charge on any atom is 0.339 e. The van der Waals surface area contributed by atoms with Crippen molar-refractivity contribution in [2.75, 3.05) is 6.61 Å². The molecule has 0 aliphatic heterocycles. The maximum atomic E-state index is 13.7. The molecule has 0 amide bonds. The van der Waals surface area contributed by atoms with Crippen LogP contribution < -0.4 is 0 Å². The Kier molecular flexibility index (Phi) is 6.32. The molecule has 1 saturated carbocycles. The van der Waals surface area contributed by atoms with Gasteiger partial charge in [0.05, 0.1) is 17.9 Å². The Morgan fingerprint density at radius 1 is 1.19 bits per heavy atom. The quantitative estimate of drug-likeness (QED) is 0.295. The van der Waals surface area contributed by atoms with Crippen LogP contribution in [0.1, 0.15) is 60.0 Å². The van der Waals surface area contributed by atoms with Crippen molar-refractivity contribution >= 4 is 17.0 Å². The molecular weight excluding hydrogens is 466 g/mol. The zero-order valence-corrected chi connectivity index (χ0v) is 20.6. The van der Waals surface area contributed by atoms with Gasteiger partial charge in [-0.3, -0.25) is 4.57 Å². The molecular formula is C27H28F2N4O3. The second kappa shape index (κ2) is 9.44. The first kappa shape index (κ1) is 24.1. The van der Waals surface area contributed by atoms with Gasteiger partial charge in [-0.15, -0.1) is 0 Å². The van der Waals surface area contributed by atoms with Gasteiger partial charge in [-0.05, 0) is 69.7 Å². The Hall–Kier alpha value is -3.62. The summed E-state index contributed by atoms with van der Waals surface area (Å²) in [5.41, 5.74) is 4.67. The number of aryl methyl sites for hydroxylation is 2. The minimum Gasteiger partial charge on any atom is -0.462 e. The third kappa shape index (κ3) is 4.62. The topological polar surface area (TPSA) is 83.0 Å². The summed E-state index contributed by atoms with van der Waals surface area (Å²) in [6.45, 7) is 5.79. The predicted octanol–water partition coefficient (Wildman–Crippen LogP) is 6.24. The molecule has 0 saturated heterocycles. The highest BCUT2D eigenvalue weighted by Gasteiger charge is 2.35. The molecule has 0 unspecified atom stereocenters. The van der Waals surface area contributed by atoms with E-state index in [1.807, 2.05) is 24.6 Å². The van der Waals surface area contributed by atoms with Crippen molar-refractivity contribution in [3.05, 3.63) is 59.4 Å². The summed E-state index contributed by atoms with van der Waals surface area (Å²) in [5, 5.41) is 5.00. The monoisotopic (exact) mass is 494 g/mol. The molecule has 0 bridgehead atoms. The fourth-order valence-electron chi connectivity index (χ4n) is 5.02. The van der Waals surface area contributed by atoms with Crippen LogP contribution in [0.15, 0.2) is 41.3 Å². The van der Waals surface area contributed by atoms with Crippen molar-refractivity contribution in [1.82, 2.24) is 19.7 Å². The number of nitrogens with zero attached hydrogens (tertiary/aromatic N) is 4. The van der Waals surface area contributed by atoms with Crippen molar-refractivity contribution in [2.24, 2.45) is 5.92 Å². The Morgan fingerprint density at radius 2 is 1.97 bits per heavy atom. The minimum absolute atomic E-state index is 0.0736. The van der Waals surface area contributed by atoms with E-state index < -0.39 is 11.9 Å². The van der Waals surface area contributed by atoms with Gasteiger partial charge in [-0.25, -0.2) is 23.5 Å². The number of halogens is 2. The largest absolute Gasteiger partial charge is 0.462 e. The molecule has 1 aliphatic rings. The fraction of sp³-hybridized carbons (Fsp3) is 0.407. The van der Waals surface area contributed by atoms with E-state index in [1.54, 1.807) is 25.3 Å². The van der Waals surface area contributed by atoms with Crippen LogP contribution in [0.3, 0.4) is 0 Å². The average molecular weight is 495 g/mol. The van der Waals surface area contributed by atoms with Gasteiger partial charge in [-0.1, -0.05) is 5.16 Å². The van der Waals surface area contributed by atoms with Crippen molar-refractivity contribution in [1.29, 1.82) is 0 Å². The van der Waals surface area contributed by atoms with E-state index in [-0.39, 0.29) is 25.4 Å². The van der Waals surface area contributed by atoms with Crippen molar-refractivity contribution in [2.45, 2.75) is 58.8 Å². The lowest BCUT2D eigenvalue weighted by molar-refractivity contribution is -0.0456. The van der Waals surface area contributed by atoms with Crippen LogP contribution in [0.2, 0.25) is 0 Å². The molecule has 0 radical (unpaired) electrons. The number of esters is 1. The molecule has 4 heterocycles. The third-order valence-corrected chi connectivity index (χ3v) is 6.90. The summed E-state index contributed by atoms with van der Waals surface area (Å²) in [6.07, 6.45) is 6.75. The zero-order valence-electron chi connectivity index (χ0n) is 20.6. The van der Waals surface area contributed by atoms with Gasteiger partial charge in [0, 0.05) is 47.9 Å². The first-order valence-electron chi connectivity index (χ1n) is 12.2. The highest BCUT2D eigenvalue weighted by atomic mass is 19.3. The summed E-state index contributed by atoms with van der Waals surface area (Å²) in [4.78, 5) is 21.3. The Morgan fingerprint density at radius 3 is 2.61 bits per heavy atom. The highest BCUT2D eigenvalue weighted by Crippen LogP contribution is 2.39. The SMILES string of the molecule is CCOC(=O)c1ccc(-n2cc(CC3CCC(F)(F)CC3)c3cc(-c4c(C)noc4C)cnc32)nc1. The molecule has 1 aliphatic carbocycles. The van der Waals surface area contributed by atoms with E-state index in [2.05, 4.69) is 16.2 Å². The third-order valence-electron chi connectivity index (χ3n) is 6.90. The first-order chi connectivity index (χ1) is 17.3. The summed E-state index contributed by atoms with van der Waals surface area (Å²) in [7, 11) is 0. The molecule has 188 valence electrons. The molecule has 5 rings (SSSR count). The standard InChI is InChI=1S/C27H28F2N4O3/c1-4-35-26(34)19-5-6-23(30-13-19)33-15-21(11-18-7-9-27(28,29)10-8-18)22-12-20(14-31-25(22)33)24-16(2)32-36-17(24)3/h5-6,12-15,18H,4,7-11H2,1-3H3. The number of hydrogen-bond acceptors (Lipinski definition) is 6. The van der Waals surface area contributed by atoms with Crippen LogP contribution in [0.25, 0.3) is 28.0 Å². The van der Waals surface area contributed by atoms with E-state index in [0.717, 1.165) is 27.8 Å². The molecule has 7 nitrogen and oxygen atoms in total. The van der Waals surface area contributed by atoms with E-state index in [9.17, 15) is 13.6 Å².